The van der Waals surface area contributed by atoms with Gasteiger partial charge < -0.3 is 0 Å². The number of hydrogen-bond donors (Lipinski definition) is 0. The Labute approximate surface area is 129 Å². The van der Waals surface area contributed by atoms with Gasteiger partial charge in [-0.1, -0.05) is 0 Å². The maximum Gasteiger partial charge on any atom is 0.0470 e. The topological polar surface area (TPSA) is 0 Å². The molecule has 2 aliphatic heterocycles. The van der Waals surface area contributed by atoms with Crippen molar-refractivity contribution < 1.29 is 0 Å². The number of benzene rings is 1. The van der Waals surface area contributed by atoms with E-state index in [4.69, 9.17) is 0 Å². The Morgan fingerprint density at radius 2 is 0.812 bits per heavy atom. The number of thioether (sulfide) groups is 4. The molecule has 0 fully saturated rings. The largest absolute Gasteiger partial charge is 0.123 e. The normalized spacial score (nSPS) is 19.1. The highest BCUT2D eigenvalue weighted by Crippen LogP contribution is 2.55. The van der Waals surface area contributed by atoms with E-state index in [0.717, 1.165) is 0 Å². The van der Waals surface area contributed by atoms with Crippen molar-refractivity contribution >= 4 is 78.9 Å². The molecule has 0 aliphatic carbocycles. The van der Waals surface area contributed by atoms with Crippen LogP contribution in [0, 0.1) is 0 Å². The van der Waals surface area contributed by atoms with Crippen molar-refractivity contribution in [3.63, 3.8) is 0 Å². The SMILES string of the molecule is Brc1c2c(c(Br)c3c1SCCS3)SCCS2. The summed E-state index contributed by atoms with van der Waals surface area (Å²) in [5.74, 6) is 4.89. The highest BCUT2D eigenvalue weighted by molar-refractivity contribution is 9.11. The molecule has 0 aromatic heterocycles. The predicted octanol–water partition coefficient (Wildman–Crippen LogP) is 5.61. The highest BCUT2D eigenvalue weighted by atomic mass is 79.9. The Hall–Kier alpha value is 1.58. The van der Waals surface area contributed by atoms with Gasteiger partial charge in [-0.15, -0.1) is 47.0 Å². The minimum atomic E-state index is 1.22. The lowest BCUT2D eigenvalue weighted by Crippen LogP contribution is -2.02. The monoisotopic (exact) mass is 414 g/mol. The van der Waals surface area contributed by atoms with E-state index in [0.29, 0.717) is 0 Å². The van der Waals surface area contributed by atoms with Gasteiger partial charge in [-0.2, -0.15) is 0 Å². The third-order valence-electron chi connectivity index (χ3n) is 2.36. The van der Waals surface area contributed by atoms with Crippen molar-refractivity contribution in [3.8, 4) is 0 Å². The van der Waals surface area contributed by atoms with Crippen LogP contribution in [0.15, 0.2) is 28.5 Å². The second-order valence-electron chi connectivity index (χ2n) is 3.34. The van der Waals surface area contributed by atoms with Crippen LogP contribution in [0.25, 0.3) is 0 Å². The van der Waals surface area contributed by atoms with Crippen LogP contribution in [0.2, 0.25) is 0 Å². The van der Waals surface area contributed by atoms with Crippen LogP contribution in [-0.4, -0.2) is 23.0 Å². The summed E-state index contributed by atoms with van der Waals surface area (Å²) >= 11 is 15.5. The third kappa shape index (κ3) is 2.11. The highest BCUT2D eigenvalue weighted by Gasteiger charge is 2.26. The summed E-state index contributed by atoms with van der Waals surface area (Å²) < 4.78 is 2.66. The molecule has 0 atom stereocenters. The van der Waals surface area contributed by atoms with Gasteiger partial charge in [0.2, 0.25) is 0 Å². The first-order valence-electron chi connectivity index (χ1n) is 4.85. The second kappa shape index (κ2) is 5.29. The molecule has 2 aliphatic rings. The number of hydrogen-bond acceptors (Lipinski definition) is 4. The van der Waals surface area contributed by atoms with Gasteiger partial charge in [0, 0.05) is 51.5 Å². The summed E-state index contributed by atoms with van der Waals surface area (Å²) in [6.07, 6.45) is 0. The first-order valence-corrected chi connectivity index (χ1v) is 10.4. The number of rotatable bonds is 0. The van der Waals surface area contributed by atoms with Gasteiger partial charge in [0.1, 0.15) is 0 Å². The lowest BCUT2D eigenvalue weighted by Gasteiger charge is -2.25. The summed E-state index contributed by atoms with van der Waals surface area (Å²) in [7, 11) is 0. The summed E-state index contributed by atoms with van der Waals surface area (Å²) in [6.45, 7) is 0. The fraction of sp³-hybridized carbons (Fsp3) is 0.400. The van der Waals surface area contributed by atoms with Crippen molar-refractivity contribution in [2.24, 2.45) is 0 Å². The number of halogens is 2. The quantitative estimate of drug-likeness (QED) is 0.539. The van der Waals surface area contributed by atoms with Crippen LogP contribution in [0.4, 0.5) is 0 Å². The van der Waals surface area contributed by atoms with E-state index >= 15 is 0 Å². The fourth-order valence-corrected chi connectivity index (χ4v) is 9.22. The van der Waals surface area contributed by atoms with E-state index < -0.39 is 0 Å². The zero-order chi connectivity index (χ0) is 11.1. The van der Waals surface area contributed by atoms with Gasteiger partial charge in [0.15, 0.2) is 0 Å². The molecular formula is C10H8Br2S4. The smallest absolute Gasteiger partial charge is 0.0470 e. The molecule has 1 aromatic carbocycles. The van der Waals surface area contributed by atoms with Crippen molar-refractivity contribution in [1.82, 2.24) is 0 Å². The maximum atomic E-state index is 3.80. The fourth-order valence-electron chi connectivity index (χ4n) is 1.70. The maximum absolute atomic E-state index is 3.80. The molecule has 86 valence electrons. The van der Waals surface area contributed by atoms with E-state index in [-0.39, 0.29) is 0 Å². The van der Waals surface area contributed by atoms with E-state index in [2.05, 4.69) is 31.9 Å². The zero-order valence-corrected chi connectivity index (χ0v) is 14.7. The van der Waals surface area contributed by atoms with Gasteiger partial charge in [-0.3, -0.25) is 0 Å². The molecule has 0 bridgehead atoms. The molecular weight excluding hydrogens is 408 g/mol. The molecule has 3 rings (SSSR count). The molecule has 2 heterocycles. The van der Waals surface area contributed by atoms with Crippen molar-refractivity contribution in [3.05, 3.63) is 8.95 Å². The Balaban J connectivity index is 2.24. The lowest BCUT2D eigenvalue weighted by atomic mass is 10.3. The van der Waals surface area contributed by atoms with Crippen molar-refractivity contribution in [2.75, 3.05) is 23.0 Å². The Morgan fingerprint density at radius 3 is 1.06 bits per heavy atom. The van der Waals surface area contributed by atoms with Gasteiger partial charge in [-0.05, 0) is 31.9 Å². The second-order valence-corrected chi connectivity index (χ2v) is 9.34. The van der Waals surface area contributed by atoms with Crippen molar-refractivity contribution in [1.29, 1.82) is 0 Å². The minimum absolute atomic E-state index is 1.22. The molecule has 0 saturated heterocycles. The Morgan fingerprint density at radius 1 is 0.562 bits per heavy atom. The van der Waals surface area contributed by atoms with E-state index in [9.17, 15) is 0 Å². The van der Waals surface area contributed by atoms with Gasteiger partial charge in [0.25, 0.3) is 0 Å². The molecule has 0 unspecified atom stereocenters. The van der Waals surface area contributed by atoms with E-state index in [1.165, 1.54) is 51.5 Å². The molecule has 0 amide bonds. The lowest BCUT2D eigenvalue weighted by molar-refractivity contribution is 1.01. The minimum Gasteiger partial charge on any atom is -0.123 e. The van der Waals surface area contributed by atoms with Crippen LogP contribution in [0.1, 0.15) is 0 Å². The third-order valence-corrected chi connectivity index (χ3v) is 10.2. The van der Waals surface area contributed by atoms with Crippen LogP contribution in [0.5, 0.6) is 0 Å². The molecule has 0 nitrogen and oxygen atoms in total. The van der Waals surface area contributed by atoms with Crippen LogP contribution >= 0.6 is 78.9 Å². The van der Waals surface area contributed by atoms with Gasteiger partial charge >= 0.3 is 0 Å². The molecule has 0 spiro atoms. The van der Waals surface area contributed by atoms with Crippen LogP contribution in [-0.2, 0) is 0 Å². The van der Waals surface area contributed by atoms with E-state index in [1.807, 2.05) is 47.0 Å². The first-order chi connectivity index (χ1) is 7.79. The Kier molecular flexibility index (Phi) is 4.17. The predicted molar refractivity (Wildman–Crippen MR) is 84.7 cm³/mol. The average Bonchev–Trinajstić information content (AvgIpc) is 2.36. The Bertz CT molecular complexity index is 369. The molecule has 1 aromatic rings. The van der Waals surface area contributed by atoms with Crippen LogP contribution < -0.4 is 0 Å². The summed E-state index contributed by atoms with van der Waals surface area (Å²) in [6, 6.07) is 0. The summed E-state index contributed by atoms with van der Waals surface area (Å²) in [5, 5.41) is 0. The van der Waals surface area contributed by atoms with Crippen LogP contribution in [0.3, 0.4) is 0 Å². The molecule has 0 radical (unpaired) electrons. The van der Waals surface area contributed by atoms with E-state index in [1.54, 1.807) is 0 Å². The number of fused-ring (bicyclic) bond motifs is 2. The molecule has 16 heavy (non-hydrogen) atoms. The molecule has 6 heteroatoms. The summed E-state index contributed by atoms with van der Waals surface area (Å²) in [4.78, 5) is 5.77. The first kappa shape index (κ1) is 12.6. The standard InChI is InChI=1S/C10H8Br2S4/c11-5-7-8(14-2-1-13-7)6(12)10-9(5)15-3-4-16-10/h1-4H2. The molecule has 0 saturated carbocycles. The summed E-state index contributed by atoms with van der Waals surface area (Å²) in [5.41, 5.74) is 0. The van der Waals surface area contributed by atoms with Gasteiger partial charge in [0.05, 0.1) is 0 Å². The zero-order valence-electron chi connectivity index (χ0n) is 8.22. The molecule has 0 N–H and O–H groups in total. The average molecular weight is 416 g/mol. The van der Waals surface area contributed by atoms with Gasteiger partial charge in [-0.25, -0.2) is 0 Å². The van der Waals surface area contributed by atoms with Crippen molar-refractivity contribution in [2.45, 2.75) is 19.6 Å².